The van der Waals surface area contributed by atoms with Crippen molar-refractivity contribution in [2.45, 2.75) is 6.92 Å². The molecule has 0 aliphatic carbocycles. The molecule has 17 heavy (non-hydrogen) atoms. The van der Waals surface area contributed by atoms with E-state index in [2.05, 4.69) is 9.84 Å². The Morgan fingerprint density at radius 1 is 1.41 bits per heavy atom. The number of aromatic nitrogens is 2. The molecule has 0 radical (unpaired) electrons. The Balaban J connectivity index is 2.49. The van der Waals surface area contributed by atoms with Crippen molar-refractivity contribution in [2.75, 3.05) is 12.8 Å². The van der Waals surface area contributed by atoms with Gasteiger partial charge >= 0.3 is 5.97 Å². The third-order valence-electron chi connectivity index (χ3n) is 2.42. The second kappa shape index (κ2) is 4.29. The van der Waals surface area contributed by atoms with Crippen LogP contribution in [0.2, 0.25) is 0 Å². The summed E-state index contributed by atoms with van der Waals surface area (Å²) in [6.45, 7) is 1.89. The second-order valence-electron chi connectivity index (χ2n) is 3.67. The Morgan fingerprint density at radius 2 is 2.18 bits per heavy atom. The van der Waals surface area contributed by atoms with Gasteiger partial charge in [-0.1, -0.05) is 0 Å². The highest BCUT2D eigenvalue weighted by Gasteiger charge is 2.10. The molecule has 0 fully saturated rings. The maximum atomic E-state index is 11.4. The molecule has 5 nitrogen and oxygen atoms in total. The minimum absolute atomic E-state index is 0.393. The second-order valence-corrected chi connectivity index (χ2v) is 3.67. The fraction of sp³-hybridized carbons (Fsp3) is 0.167. The van der Waals surface area contributed by atoms with Crippen molar-refractivity contribution < 1.29 is 9.53 Å². The van der Waals surface area contributed by atoms with Gasteiger partial charge in [0.05, 0.1) is 29.7 Å². The van der Waals surface area contributed by atoms with Crippen LogP contribution in [0.1, 0.15) is 16.1 Å². The molecular formula is C12H13N3O2. The lowest BCUT2D eigenvalue weighted by atomic mass is 10.2. The SMILES string of the molecule is COC(=O)c1ccc(N)c(-n2ccc(C)n2)c1. The summed E-state index contributed by atoms with van der Waals surface area (Å²) in [4.78, 5) is 11.4. The molecule has 2 rings (SSSR count). The summed E-state index contributed by atoms with van der Waals surface area (Å²) in [5, 5.41) is 4.25. The van der Waals surface area contributed by atoms with E-state index in [0.717, 1.165) is 5.69 Å². The number of nitrogens with zero attached hydrogens (tertiary/aromatic N) is 2. The van der Waals surface area contributed by atoms with Gasteiger partial charge < -0.3 is 10.5 Å². The van der Waals surface area contributed by atoms with Crippen molar-refractivity contribution in [1.29, 1.82) is 0 Å². The molecular weight excluding hydrogens is 218 g/mol. The van der Waals surface area contributed by atoms with E-state index in [1.165, 1.54) is 7.11 Å². The fourth-order valence-electron chi connectivity index (χ4n) is 1.54. The summed E-state index contributed by atoms with van der Waals surface area (Å²) in [6.07, 6.45) is 1.79. The number of methoxy groups -OCH3 is 1. The van der Waals surface area contributed by atoms with Crippen LogP contribution in [0.15, 0.2) is 30.5 Å². The molecule has 2 N–H and O–H groups in total. The Labute approximate surface area is 98.8 Å². The van der Waals surface area contributed by atoms with Gasteiger partial charge in [-0.15, -0.1) is 0 Å². The van der Waals surface area contributed by atoms with Crippen LogP contribution >= 0.6 is 0 Å². The number of hydrogen-bond donors (Lipinski definition) is 1. The van der Waals surface area contributed by atoms with Crippen LogP contribution in [-0.4, -0.2) is 22.9 Å². The number of carbonyl (C=O) groups excluding carboxylic acids is 1. The molecule has 1 aromatic heterocycles. The van der Waals surface area contributed by atoms with Crippen molar-refractivity contribution in [3.8, 4) is 5.69 Å². The summed E-state index contributed by atoms with van der Waals surface area (Å²) in [7, 11) is 1.34. The lowest BCUT2D eigenvalue weighted by Crippen LogP contribution is -2.06. The Kier molecular flexibility index (Phi) is 2.82. The van der Waals surface area contributed by atoms with Crippen LogP contribution in [0.5, 0.6) is 0 Å². The van der Waals surface area contributed by atoms with Crippen molar-refractivity contribution >= 4 is 11.7 Å². The smallest absolute Gasteiger partial charge is 0.337 e. The van der Waals surface area contributed by atoms with Gasteiger partial charge in [0.2, 0.25) is 0 Å². The van der Waals surface area contributed by atoms with E-state index in [-0.39, 0.29) is 0 Å². The summed E-state index contributed by atoms with van der Waals surface area (Å²) >= 11 is 0. The molecule has 0 spiro atoms. The molecule has 0 atom stereocenters. The number of anilines is 1. The molecule has 2 aromatic rings. The molecule has 1 heterocycles. The van der Waals surface area contributed by atoms with Gasteiger partial charge in [0.15, 0.2) is 0 Å². The van der Waals surface area contributed by atoms with E-state index in [9.17, 15) is 4.79 Å². The first-order valence-corrected chi connectivity index (χ1v) is 5.12. The zero-order valence-electron chi connectivity index (χ0n) is 9.68. The Hall–Kier alpha value is -2.30. The fourth-order valence-corrected chi connectivity index (χ4v) is 1.54. The summed E-state index contributed by atoms with van der Waals surface area (Å²) < 4.78 is 6.30. The monoisotopic (exact) mass is 231 g/mol. The average molecular weight is 231 g/mol. The molecule has 88 valence electrons. The van der Waals surface area contributed by atoms with Crippen LogP contribution in [0.25, 0.3) is 5.69 Å². The first-order chi connectivity index (χ1) is 8.11. The predicted molar refractivity (Wildman–Crippen MR) is 64.1 cm³/mol. The third kappa shape index (κ3) is 2.13. The molecule has 0 saturated carbocycles. The maximum absolute atomic E-state index is 11.4. The predicted octanol–water partition coefficient (Wildman–Crippen LogP) is 1.55. The number of benzene rings is 1. The standard InChI is InChI=1S/C12H13N3O2/c1-8-5-6-15(14-8)11-7-9(12(16)17-2)3-4-10(11)13/h3-7H,13H2,1-2H3. The number of hydrogen-bond acceptors (Lipinski definition) is 4. The quantitative estimate of drug-likeness (QED) is 0.628. The Morgan fingerprint density at radius 3 is 2.76 bits per heavy atom. The highest BCUT2D eigenvalue weighted by atomic mass is 16.5. The van der Waals surface area contributed by atoms with E-state index in [1.807, 2.05) is 13.0 Å². The molecule has 1 aromatic carbocycles. The third-order valence-corrected chi connectivity index (χ3v) is 2.42. The van der Waals surface area contributed by atoms with Crippen LogP contribution in [0.4, 0.5) is 5.69 Å². The minimum Gasteiger partial charge on any atom is -0.465 e. The highest BCUT2D eigenvalue weighted by molar-refractivity contribution is 5.90. The van der Waals surface area contributed by atoms with Gasteiger partial charge in [-0.25, -0.2) is 9.48 Å². The van der Waals surface area contributed by atoms with Crippen LogP contribution < -0.4 is 5.73 Å². The summed E-state index contributed by atoms with van der Waals surface area (Å²) in [6, 6.07) is 6.82. The van der Waals surface area contributed by atoms with E-state index >= 15 is 0 Å². The lowest BCUT2D eigenvalue weighted by Gasteiger charge is -2.07. The van der Waals surface area contributed by atoms with Gasteiger partial charge in [-0.2, -0.15) is 5.10 Å². The largest absolute Gasteiger partial charge is 0.465 e. The molecule has 5 heteroatoms. The highest BCUT2D eigenvalue weighted by Crippen LogP contribution is 2.19. The van der Waals surface area contributed by atoms with Gasteiger partial charge in [0.25, 0.3) is 0 Å². The zero-order valence-corrected chi connectivity index (χ0v) is 9.68. The van der Waals surface area contributed by atoms with Crippen molar-refractivity contribution in [3.63, 3.8) is 0 Å². The van der Waals surface area contributed by atoms with E-state index in [0.29, 0.717) is 16.9 Å². The normalized spacial score (nSPS) is 10.2. The van der Waals surface area contributed by atoms with Gasteiger partial charge in [0, 0.05) is 6.20 Å². The van der Waals surface area contributed by atoms with E-state index < -0.39 is 5.97 Å². The van der Waals surface area contributed by atoms with Crippen LogP contribution in [-0.2, 0) is 4.74 Å². The van der Waals surface area contributed by atoms with E-state index in [4.69, 9.17) is 5.73 Å². The first kappa shape index (κ1) is 11.2. The zero-order chi connectivity index (χ0) is 12.4. The first-order valence-electron chi connectivity index (χ1n) is 5.12. The average Bonchev–Trinajstić information content (AvgIpc) is 2.75. The van der Waals surface area contributed by atoms with Gasteiger partial charge in [-0.3, -0.25) is 0 Å². The number of rotatable bonds is 2. The maximum Gasteiger partial charge on any atom is 0.337 e. The number of ether oxygens (including phenoxy) is 1. The molecule has 0 aliphatic rings. The molecule has 0 bridgehead atoms. The minimum atomic E-state index is -0.393. The lowest BCUT2D eigenvalue weighted by molar-refractivity contribution is 0.0600. The van der Waals surface area contributed by atoms with Gasteiger partial charge in [-0.05, 0) is 31.2 Å². The van der Waals surface area contributed by atoms with Crippen LogP contribution in [0.3, 0.4) is 0 Å². The summed E-state index contributed by atoms with van der Waals surface area (Å²) in [5.74, 6) is -0.393. The molecule has 0 saturated heterocycles. The topological polar surface area (TPSA) is 70.1 Å². The van der Waals surface area contributed by atoms with Gasteiger partial charge in [0.1, 0.15) is 0 Å². The van der Waals surface area contributed by atoms with Crippen LogP contribution in [0, 0.1) is 6.92 Å². The number of carbonyl (C=O) groups is 1. The number of esters is 1. The number of aryl methyl sites for hydroxylation is 1. The van der Waals surface area contributed by atoms with Crippen molar-refractivity contribution in [3.05, 3.63) is 41.7 Å². The van der Waals surface area contributed by atoms with E-state index in [1.54, 1.807) is 29.1 Å². The molecule has 0 aliphatic heterocycles. The summed E-state index contributed by atoms with van der Waals surface area (Å²) in [5.41, 5.74) is 8.41. The van der Waals surface area contributed by atoms with Crippen molar-refractivity contribution in [2.24, 2.45) is 0 Å². The number of nitrogens with two attached hydrogens (primary N) is 1. The molecule has 0 unspecified atom stereocenters. The Bertz CT molecular complexity index is 561. The molecule has 0 amide bonds. The number of nitrogen functional groups attached to an aromatic ring is 1. The van der Waals surface area contributed by atoms with Crippen molar-refractivity contribution in [1.82, 2.24) is 9.78 Å².